The van der Waals surface area contributed by atoms with Crippen LogP contribution in [0, 0.1) is 0 Å². The van der Waals surface area contributed by atoms with Crippen LogP contribution in [0.25, 0.3) is 0 Å². The summed E-state index contributed by atoms with van der Waals surface area (Å²) in [7, 11) is -3.27. The number of rotatable bonds is 14. The van der Waals surface area contributed by atoms with Crippen LogP contribution in [0.3, 0.4) is 0 Å². The maximum atomic E-state index is 10.7. The monoisotopic (exact) mass is 309 g/mol. The van der Waals surface area contributed by atoms with E-state index >= 15 is 0 Å². The Morgan fingerprint density at radius 1 is 0.850 bits per heavy atom. The number of sulfonamides is 1. The van der Waals surface area contributed by atoms with E-state index in [0.717, 1.165) is 32.3 Å². The van der Waals surface area contributed by atoms with Gasteiger partial charge in [-0.2, -0.15) is 0 Å². The highest BCUT2D eigenvalue weighted by molar-refractivity contribution is 7.89. The third kappa shape index (κ3) is 17.8. The number of primary sulfonamides is 1. The van der Waals surface area contributed by atoms with E-state index in [-0.39, 0.29) is 11.9 Å². The third-order valence-electron chi connectivity index (χ3n) is 2.90. The van der Waals surface area contributed by atoms with Gasteiger partial charge in [0.2, 0.25) is 10.0 Å². The van der Waals surface area contributed by atoms with Crippen molar-refractivity contribution in [2.24, 2.45) is 5.14 Å². The van der Waals surface area contributed by atoms with Crippen molar-refractivity contribution >= 4 is 10.0 Å². The van der Waals surface area contributed by atoms with E-state index in [1.165, 1.54) is 12.8 Å². The fraction of sp³-hybridized carbons (Fsp3) is 1.00. The lowest BCUT2D eigenvalue weighted by atomic mass is 10.1. The molecule has 0 fully saturated rings. The average Bonchev–Trinajstić information content (AvgIpc) is 2.33. The molecule has 122 valence electrons. The van der Waals surface area contributed by atoms with Crippen molar-refractivity contribution in [3.05, 3.63) is 0 Å². The highest BCUT2D eigenvalue weighted by atomic mass is 32.2. The highest BCUT2D eigenvalue weighted by Gasteiger charge is 2.01. The summed E-state index contributed by atoms with van der Waals surface area (Å²) < 4.78 is 32.2. The Hall–Kier alpha value is -0.170. The zero-order valence-electron chi connectivity index (χ0n) is 13.0. The predicted octanol–water partition coefficient (Wildman–Crippen LogP) is 2.45. The predicted molar refractivity (Wildman–Crippen MR) is 82.2 cm³/mol. The molecule has 0 saturated carbocycles. The molecule has 6 heteroatoms. The van der Waals surface area contributed by atoms with Crippen LogP contribution in [0.15, 0.2) is 0 Å². The molecule has 0 aliphatic heterocycles. The molecule has 0 spiro atoms. The van der Waals surface area contributed by atoms with Crippen molar-refractivity contribution in [3.8, 4) is 0 Å². The van der Waals surface area contributed by atoms with Gasteiger partial charge in [-0.25, -0.2) is 13.6 Å². The van der Waals surface area contributed by atoms with Gasteiger partial charge in [-0.15, -0.1) is 0 Å². The molecule has 0 aromatic carbocycles. The zero-order valence-corrected chi connectivity index (χ0v) is 13.8. The van der Waals surface area contributed by atoms with Gasteiger partial charge in [0.1, 0.15) is 0 Å². The van der Waals surface area contributed by atoms with Gasteiger partial charge in [0, 0.05) is 6.61 Å². The van der Waals surface area contributed by atoms with Gasteiger partial charge in [-0.05, 0) is 26.7 Å². The first kappa shape index (κ1) is 19.8. The van der Waals surface area contributed by atoms with Crippen LogP contribution in [0.4, 0.5) is 0 Å². The van der Waals surface area contributed by atoms with E-state index in [4.69, 9.17) is 14.6 Å². The van der Waals surface area contributed by atoms with Crippen LogP contribution in [-0.2, 0) is 19.5 Å². The molecular formula is C14H31NO4S. The van der Waals surface area contributed by atoms with Crippen molar-refractivity contribution in [3.63, 3.8) is 0 Å². The molecule has 0 amide bonds. The molecule has 0 bridgehead atoms. The second-order valence-electron chi connectivity index (χ2n) is 5.37. The molecule has 0 heterocycles. The molecule has 0 radical (unpaired) electrons. The van der Waals surface area contributed by atoms with E-state index in [0.29, 0.717) is 19.6 Å². The minimum absolute atomic E-state index is 0.110. The lowest BCUT2D eigenvalue weighted by molar-refractivity contribution is 0.0186. The van der Waals surface area contributed by atoms with Crippen molar-refractivity contribution in [2.75, 3.05) is 25.6 Å². The van der Waals surface area contributed by atoms with Crippen molar-refractivity contribution in [2.45, 2.75) is 64.9 Å². The number of hydrogen-bond donors (Lipinski definition) is 1. The molecule has 0 rings (SSSR count). The van der Waals surface area contributed by atoms with E-state index in [1.54, 1.807) is 0 Å². The summed E-state index contributed by atoms with van der Waals surface area (Å²) in [5.41, 5.74) is 0. The number of ether oxygens (including phenoxy) is 2. The second-order valence-corrected chi connectivity index (χ2v) is 7.11. The number of hydrogen-bond acceptors (Lipinski definition) is 4. The summed E-state index contributed by atoms with van der Waals surface area (Å²) in [5.74, 6) is 0.110. The Morgan fingerprint density at radius 2 is 1.40 bits per heavy atom. The molecule has 5 nitrogen and oxygen atoms in total. The minimum atomic E-state index is -3.27. The standard InChI is InChI=1S/C14H31NO4S/c1-14(2)19-12-11-18-10-8-6-4-3-5-7-9-13-20(15,16)17/h14H,3-13H2,1-2H3,(H2,15,16,17). The average molecular weight is 309 g/mol. The fourth-order valence-electron chi connectivity index (χ4n) is 1.84. The van der Waals surface area contributed by atoms with Crippen molar-refractivity contribution in [1.82, 2.24) is 0 Å². The molecule has 0 aliphatic rings. The largest absolute Gasteiger partial charge is 0.379 e. The van der Waals surface area contributed by atoms with E-state index in [1.807, 2.05) is 13.8 Å². The maximum absolute atomic E-state index is 10.7. The first-order valence-electron chi connectivity index (χ1n) is 7.61. The Kier molecular flexibility index (Phi) is 12.5. The number of nitrogens with two attached hydrogens (primary N) is 1. The van der Waals surface area contributed by atoms with Crippen LogP contribution in [0.1, 0.15) is 58.8 Å². The molecule has 0 unspecified atom stereocenters. The molecule has 0 aromatic heterocycles. The fourth-order valence-corrected chi connectivity index (χ4v) is 2.44. The van der Waals surface area contributed by atoms with Gasteiger partial charge in [-0.3, -0.25) is 0 Å². The smallest absolute Gasteiger partial charge is 0.209 e. The Labute approximate surface area is 124 Å². The Bertz CT molecular complexity index is 304. The lowest BCUT2D eigenvalue weighted by Crippen LogP contribution is -2.16. The Morgan fingerprint density at radius 3 is 1.95 bits per heavy atom. The summed E-state index contributed by atoms with van der Waals surface area (Å²) in [5, 5.41) is 4.93. The maximum Gasteiger partial charge on any atom is 0.209 e. The molecular weight excluding hydrogens is 278 g/mol. The summed E-state index contributed by atoms with van der Waals surface area (Å²) >= 11 is 0. The summed E-state index contributed by atoms with van der Waals surface area (Å²) in [6.07, 6.45) is 7.56. The minimum Gasteiger partial charge on any atom is -0.379 e. The van der Waals surface area contributed by atoms with Gasteiger partial charge in [0.25, 0.3) is 0 Å². The van der Waals surface area contributed by atoms with E-state index in [9.17, 15) is 8.42 Å². The van der Waals surface area contributed by atoms with Crippen LogP contribution < -0.4 is 5.14 Å². The quantitative estimate of drug-likeness (QED) is 0.500. The lowest BCUT2D eigenvalue weighted by Gasteiger charge is -2.08. The van der Waals surface area contributed by atoms with Crippen LogP contribution >= 0.6 is 0 Å². The van der Waals surface area contributed by atoms with Gasteiger partial charge in [0.15, 0.2) is 0 Å². The van der Waals surface area contributed by atoms with Gasteiger partial charge >= 0.3 is 0 Å². The first-order chi connectivity index (χ1) is 9.42. The molecule has 0 atom stereocenters. The number of unbranched alkanes of at least 4 members (excludes halogenated alkanes) is 6. The topological polar surface area (TPSA) is 78.6 Å². The zero-order chi connectivity index (χ0) is 15.3. The molecule has 2 N–H and O–H groups in total. The highest BCUT2D eigenvalue weighted by Crippen LogP contribution is 2.07. The van der Waals surface area contributed by atoms with Gasteiger partial charge in [-0.1, -0.05) is 32.1 Å². The van der Waals surface area contributed by atoms with Gasteiger partial charge in [0.05, 0.1) is 25.1 Å². The molecule has 20 heavy (non-hydrogen) atoms. The molecule has 0 aromatic rings. The van der Waals surface area contributed by atoms with Crippen LogP contribution in [0.5, 0.6) is 0 Å². The SMILES string of the molecule is CC(C)OCCOCCCCCCCCCS(N)(=O)=O. The molecule has 0 aliphatic carbocycles. The van der Waals surface area contributed by atoms with Crippen molar-refractivity contribution < 1.29 is 17.9 Å². The van der Waals surface area contributed by atoms with Crippen LogP contribution in [0.2, 0.25) is 0 Å². The summed E-state index contributed by atoms with van der Waals surface area (Å²) in [6.45, 7) is 6.17. The second kappa shape index (κ2) is 12.6. The van der Waals surface area contributed by atoms with Crippen molar-refractivity contribution in [1.29, 1.82) is 0 Å². The summed E-state index contributed by atoms with van der Waals surface area (Å²) in [6, 6.07) is 0. The normalized spacial score (nSPS) is 12.2. The van der Waals surface area contributed by atoms with E-state index in [2.05, 4.69) is 0 Å². The van der Waals surface area contributed by atoms with Crippen LogP contribution in [-0.4, -0.2) is 40.1 Å². The summed E-state index contributed by atoms with van der Waals surface area (Å²) in [4.78, 5) is 0. The molecule has 0 saturated heterocycles. The first-order valence-corrected chi connectivity index (χ1v) is 9.33. The third-order valence-corrected chi connectivity index (χ3v) is 3.75. The van der Waals surface area contributed by atoms with E-state index < -0.39 is 10.0 Å². The Balaban J connectivity index is 3.06. The van der Waals surface area contributed by atoms with Gasteiger partial charge < -0.3 is 9.47 Å².